The number of aryl methyl sites for hydroxylation is 1. The number of aromatic nitrogens is 4. The second-order valence-corrected chi connectivity index (χ2v) is 6.54. The fourth-order valence-corrected chi connectivity index (χ4v) is 3.10. The van der Waals surface area contributed by atoms with E-state index in [0.717, 1.165) is 5.56 Å². The van der Waals surface area contributed by atoms with Crippen LogP contribution >= 0.6 is 0 Å². The van der Waals surface area contributed by atoms with Crippen molar-refractivity contribution >= 4 is 16.6 Å². The van der Waals surface area contributed by atoms with Gasteiger partial charge in [-0.25, -0.2) is 4.68 Å². The lowest BCUT2D eigenvalue weighted by Gasteiger charge is -2.11. The standard InChI is InChI=1S/C20H15N5O4/c1-13-4-5-15(11-17(13)25(28)29)18-19-16(3-2-8-21-19)20(26)24(22-18)12-14-6-9-23(27)10-7-14/h2-11H,12H2,1H3. The van der Waals surface area contributed by atoms with Gasteiger partial charge in [0.1, 0.15) is 11.2 Å². The molecule has 1 aromatic carbocycles. The summed E-state index contributed by atoms with van der Waals surface area (Å²) in [5.41, 5.74) is 2.11. The predicted molar refractivity (Wildman–Crippen MR) is 105 cm³/mol. The van der Waals surface area contributed by atoms with E-state index in [9.17, 15) is 20.1 Å². The lowest BCUT2D eigenvalue weighted by molar-refractivity contribution is -0.605. The topological polar surface area (TPSA) is 118 Å². The lowest BCUT2D eigenvalue weighted by atomic mass is 10.1. The van der Waals surface area contributed by atoms with E-state index in [2.05, 4.69) is 10.1 Å². The van der Waals surface area contributed by atoms with Gasteiger partial charge in [-0.3, -0.25) is 19.9 Å². The SMILES string of the molecule is Cc1ccc(-c2nn(Cc3cc[n+]([O-])cc3)c(=O)c3cccnc23)cc1[N+](=O)[O-]. The summed E-state index contributed by atoms with van der Waals surface area (Å²) >= 11 is 0. The van der Waals surface area contributed by atoms with Crippen LogP contribution in [0.2, 0.25) is 0 Å². The Kier molecular flexibility index (Phi) is 4.47. The Morgan fingerprint density at radius 3 is 2.66 bits per heavy atom. The molecule has 3 heterocycles. The van der Waals surface area contributed by atoms with Gasteiger partial charge in [0.25, 0.3) is 11.2 Å². The molecule has 0 atom stereocenters. The van der Waals surface area contributed by atoms with Gasteiger partial charge >= 0.3 is 0 Å². The Morgan fingerprint density at radius 2 is 1.93 bits per heavy atom. The van der Waals surface area contributed by atoms with E-state index < -0.39 is 4.92 Å². The molecule has 9 nitrogen and oxygen atoms in total. The van der Waals surface area contributed by atoms with Crippen LogP contribution in [0.4, 0.5) is 5.69 Å². The van der Waals surface area contributed by atoms with Crippen molar-refractivity contribution < 1.29 is 9.65 Å². The van der Waals surface area contributed by atoms with Crippen LogP contribution in [0.3, 0.4) is 0 Å². The summed E-state index contributed by atoms with van der Waals surface area (Å²) in [6, 6.07) is 11.3. The zero-order chi connectivity index (χ0) is 20.5. The van der Waals surface area contributed by atoms with E-state index in [1.165, 1.54) is 23.1 Å². The molecule has 0 amide bonds. The van der Waals surface area contributed by atoms with E-state index in [4.69, 9.17) is 0 Å². The number of pyridine rings is 2. The van der Waals surface area contributed by atoms with Crippen LogP contribution in [0.25, 0.3) is 22.2 Å². The molecule has 0 unspecified atom stereocenters. The molecule has 0 fully saturated rings. The Morgan fingerprint density at radius 1 is 1.17 bits per heavy atom. The van der Waals surface area contributed by atoms with Crippen LogP contribution in [-0.4, -0.2) is 19.7 Å². The normalized spacial score (nSPS) is 10.9. The predicted octanol–water partition coefficient (Wildman–Crippen LogP) is 2.36. The van der Waals surface area contributed by atoms with E-state index >= 15 is 0 Å². The first-order valence-corrected chi connectivity index (χ1v) is 8.73. The fraction of sp³-hybridized carbons (Fsp3) is 0.100. The summed E-state index contributed by atoms with van der Waals surface area (Å²) in [5.74, 6) is 0. The number of nitro benzene ring substituents is 1. The maximum Gasteiger partial charge on any atom is 0.276 e. The van der Waals surface area contributed by atoms with Crippen LogP contribution in [0.5, 0.6) is 0 Å². The third kappa shape index (κ3) is 3.41. The Bertz CT molecular complexity index is 1300. The largest absolute Gasteiger partial charge is 0.619 e. The second-order valence-electron chi connectivity index (χ2n) is 6.54. The van der Waals surface area contributed by atoms with Gasteiger partial charge in [-0.05, 0) is 24.6 Å². The van der Waals surface area contributed by atoms with Gasteiger partial charge in [0, 0.05) is 35.5 Å². The minimum absolute atomic E-state index is 0.0332. The van der Waals surface area contributed by atoms with Crippen LogP contribution in [-0.2, 0) is 6.54 Å². The van der Waals surface area contributed by atoms with Crippen molar-refractivity contribution in [2.24, 2.45) is 0 Å². The molecule has 29 heavy (non-hydrogen) atoms. The highest BCUT2D eigenvalue weighted by Crippen LogP contribution is 2.28. The molecule has 0 bridgehead atoms. The highest BCUT2D eigenvalue weighted by atomic mass is 16.6. The van der Waals surface area contributed by atoms with Crippen molar-refractivity contribution in [1.82, 2.24) is 14.8 Å². The number of benzene rings is 1. The van der Waals surface area contributed by atoms with Crippen LogP contribution < -0.4 is 10.3 Å². The second kappa shape index (κ2) is 7.12. The molecule has 4 aromatic rings. The molecule has 3 aromatic heterocycles. The highest BCUT2D eigenvalue weighted by Gasteiger charge is 2.18. The zero-order valence-electron chi connectivity index (χ0n) is 15.3. The first-order valence-electron chi connectivity index (χ1n) is 8.73. The van der Waals surface area contributed by atoms with Gasteiger partial charge in [0.15, 0.2) is 12.4 Å². The quantitative estimate of drug-likeness (QED) is 0.229. The minimum Gasteiger partial charge on any atom is -0.619 e. The molecule has 0 saturated carbocycles. The zero-order valence-corrected chi connectivity index (χ0v) is 15.3. The van der Waals surface area contributed by atoms with Gasteiger partial charge in [-0.1, -0.05) is 12.1 Å². The Balaban J connectivity index is 1.93. The highest BCUT2D eigenvalue weighted by molar-refractivity contribution is 5.90. The maximum absolute atomic E-state index is 12.9. The van der Waals surface area contributed by atoms with E-state index in [1.54, 1.807) is 49.5 Å². The summed E-state index contributed by atoms with van der Waals surface area (Å²) < 4.78 is 1.93. The number of nitro groups is 1. The van der Waals surface area contributed by atoms with Crippen LogP contribution in [0.15, 0.2) is 65.8 Å². The molecule has 0 N–H and O–H groups in total. The van der Waals surface area contributed by atoms with Crippen LogP contribution in [0, 0.1) is 22.2 Å². The molecule has 4 rings (SSSR count). The number of fused-ring (bicyclic) bond motifs is 1. The van der Waals surface area contributed by atoms with E-state index in [0.29, 0.717) is 32.5 Å². The Hall–Kier alpha value is -4.14. The van der Waals surface area contributed by atoms with Gasteiger partial charge in [0.05, 0.1) is 16.9 Å². The van der Waals surface area contributed by atoms with Gasteiger partial charge < -0.3 is 5.21 Å². The molecule has 0 aliphatic heterocycles. The summed E-state index contributed by atoms with van der Waals surface area (Å²) in [6.07, 6.45) is 4.23. The first-order chi connectivity index (χ1) is 13.9. The van der Waals surface area contributed by atoms with E-state index in [-0.39, 0.29) is 17.8 Å². The average molecular weight is 389 g/mol. The third-order valence-corrected chi connectivity index (χ3v) is 4.60. The summed E-state index contributed by atoms with van der Waals surface area (Å²) in [7, 11) is 0. The lowest BCUT2D eigenvalue weighted by Crippen LogP contribution is -2.27. The molecule has 0 aliphatic rings. The number of rotatable bonds is 4. The molecule has 0 radical (unpaired) electrons. The van der Waals surface area contributed by atoms with Crippen molar-refractivity contribution in [2.45, 2.75) is 13.5 Å². The molecule has 9 heteroatoms. The monoisotopic (exact) mass is 389 g/mol. The fourth-order valence-electron chi connectivity index (χ4n) is 3.10. The van der Waals surface area contributed by atoms with Crippen molar-refractivity contribution in [3.63, 3.8) is 0 Å². The molecular weight excluding hydrogens is 374 g/mol. The number of hydrogen-bond donors (Lipinski definition) is 0. The molecular formula is C20H15N5O4. The maximum atomic E-state index is 12.9. The van der Waals surface area contributed by atoms with Crippen molar-refractivity contribution in [3.8, 4) is 11.3 Å². The smallest absolute Gasteiger partial charge is 0.276 e. The third-order valence-electron chi connectivity index (χ3n) is 4.60. The summed E-state index contributed by atoms with van der Waals surface area (Å²) in [6.45, 7) is 1.80. The summed E-state index contributed by atoms with van der Waals surface area (Å²) in [4.78, 5) is 28.1. The summed E-state index contributed by atoms with van der Waals surface area (Å²) in [5, 5.41) is 27.4. The molecule has 0 spiro atoms. The molecule has 0 aliphatic carbocycles. The van der Waals surface area contributed by atoms with Crippen molar-refractivity contribution in [3.05, 3.63) is 97.9 Å². The number of nitrogens with zero attached hydrogens (tertiary/aromatic N) is 5. The molecule has 0 saturated heterocycles. The van der Waals surface area contributed by atoms with Crippen LogP contribution in [0.1, 0.15) is 11.1 Å². The first kappa shape index (κ1) is 18.2. The van der Waals surface area contributed by atoms with Gasteiger partial charge in [-0.2, -0.15) is 9.83 Å². The minimum atomic E-state index is -0.452. The van der Waals surface area contributed by atoms with Crippen molar-refractivity contribution in [2.75, 3.05) is 0 Å². The van der Waals surface area contributed by atoms with E-state index in [1.807, 2.05) is 0 Å². The Labute approximate surface area is 164 Å². The number of hydrogen-bond acceptors (Lipinski definition) is 6. The van der Waals surface area contributed by atoms with Gasteiger partial charge in [0.2, 0.25) is 0 Å². The average Bonchev–Trinajstić information content (AvgIpc) is 2.72. The molecule has 144 valence electrons. The van der Waals surface area contributed by atoms with Crippen molar-refractivity contribution in [1.29, 1.82) is 0 Å². The van der Waals surface area contributed by atoms with Gasteiger partial charge in [-0.15, -0.1) is 0 Å².